The number of phenols is 1. The zero-order valence-electron chi connectivity index (χ0n) is 11.2. The van der Waals surface area contributed by atoms with Gasteiger partial charge in [0.25, 0.3) is 0 Å². The fraction of sp³-hybridized carbons (Fsp3) is 0.118. The first-order valence-corrected chi connectivity index (χ1v) is 6.44. The summed E-state index contributed by atoms with van der Waals surface area (Å²) in [6.07, 6.45) is 3.24. The van der Waals surface area contributed by atoms with Crippen LogP contribution in [0.2, 0.25) is 0 Å². The number of ether oxygens (including phenoxy) is 1. The van der Waals surface area contributed by atoms with Crippen LogP contribution in [0.5, 0.6) is 11.5 Å². The molecule has 3 nitrogen and oxygen atoms in total. The van der Waals surface area contributed by atoms with Crippen molar-refractivity contribution in [2.75, 3.05) is 6.61 Å². The highest BCUT2D eigenvalue weighted by Crippen LogP contribution is 2.20. The number of carbonyl (C=O) groups is 1. The molecule has 0 aromatic heterocycles. The lowest BCUT2D eigenvalue weighted by Crippen LogP contribution is -1.95. The van der Waals surface area contributed by atoms with Crippen molar-refractivity contribution in [3.8, 4) is 11.5 Å². The largest absolute Gasteiger partial charge is 0.508 e. The van der Waals surface area contributed by atoms with Crippen molar-refractivity contribution in [1.82, 2.24) is 0 Å². The fourth-order valence-electron chi connectivity index (χ4n) is 1.79. The predicted molar refractivity (Wildman–Crippen MR) is 79.1 cm³/mol. The maximum Gasteiger partial charge on any atom is 0.185 e. The van der Waals surface area contributed by atoms with E-state index in [4.69, 9.17) is 4.74 Å². The third-order valence-electron chi connectivity index (χ3n) is 2.78. The standard InChI is InChI=1S/C17H16O3/c1-2-20-17-6-4-3-5-14(17)9-12-16(19)13-7-10-15(18)11-8-13/h3-12,18H,2H2,1H3. The first kappa shape index (κ1) is 13.9. The quantitative estimate of drug-likeness (QED) is 0.664. The molecule has 2 aromatic carbocycles. The molecule has 0 amide bonds. The second kappa shape index (κ2) is 6.57. The van der Waals surface area contributed by atoms with Crippen LogP contribution in [0.1, 0.15) is 22.8 Å². The lowest BCUT2D eigenvalue weighted by atomic mass is 10.1. The molecule has 0 saturated carbocycles. The molecule has 0 heterocycles. The van der Waals surface area contributed by atoms with Crippen molar-refractivity contribution in [2.24, 2.45) is 0 Å². The van der Waals surface area contributed by atoms with E-state index in [0.29, 0.717) is 12.2 Å². The molecule has 2 aromatic rings. The van der Waals surface area contributed by atoms with E-state index < -0.39 is 0 Å². The molecule has 0 saturated heterocycles. The molecule has 2 rings (SSSR count). The highest BCUT2D eigenvalue weighted by Gasteiger charge is 2.03. The molecule has 102 valence electrons. The lowest BCUT2D eigenvalue weighted by Gasteiger charge is -2.06. The zero-order valence-corrected chi connectivity index (χ0v) is 11.2. The second-order valence-electron chi connectivity index (χ2n) is 4.22. The summed E-state index contributed by atoms with van der Waals surface area (Å²) >= 11 is 0. The van der Waals surface area contributed by atoms with E-state index >= 15 is 0 Å². The van der Waals surface area contributed by atoms with Crippen molar-refractivity contribution >= 4 is 11.9 Å². The van der Waals surface area contributed by atoms with Crippen LogP contribution in [-0.2, 0) is 0 Å². The van der Waals surface area contributed by atoms with Gasteiger partial charge in [0, 0.05) is 11.1 Å². The van der Waals surface area contributed by atoms with Crippen LogP contribution in [0.15, 0.2) is 54.6 Å². The van der Waals surface area contributed by atoms with Crippen LogP contribution in [-0.4, -0.2) is 17.5 Å². The molecular formula is C17H16O3. The van der Waals surface area contributed by atoms with Gasteiger partial charge in [0.05, 0.1) is 6.61 Å². The molecule has 0 spiro atoms. The summed E-state index contributed by atoms with van der Waals surface area (Å²) in [7, 11) is 0. The molecule has 0 fully saturated rings. The van der Waals surface area contributed by atoms with Crippen LogP contribution in [0, 0.1) is 0 Å². The summed E-state index contributed by atoms with van der Waals surface area (Å²) in [6, 6.07) is 13.7. The van der Waals surface area contributed by atoms with Gasteiger partial charge >= 0.3 is 0 Å². The Balaban J connectivity index is 2.17. The normalized spacial score (nSPS) is 10.7. The number of hydrogen-bond acceptors (Lipinski definition) is 3. The van der Waals surface area contributed by atoms with Gasteiger partial charge in [0.15, 0.2) is 5.78 Å². The molecule has 0 aliphatic rings. The number of ketones is 1. The average molecular weight is 268 g/mol. The number of carbonyl (C=O) groups excluding carboxylic acids is 1. The number of allylic oxidation sites excluding steroid dienone is 1. The third kappa shape index (κ3) is 3.48. The molecule has 3 heteroatoms. The first-order valence-electron chi connectivity index (χ1n) is 6.44. The highest BCUT2D eigenvalue weighted by molar-refractivity contribution is 6.07. The van der Waals surface area contributed by atoms with Crippen molar-refractivity contribution < 1.29 is 14.6 Å². The number of benzene rings is 2. The molecule has 20 heavy (non-hydrogen) atoms. The minimum absolute atomic E-state index is 0.115. The van der Waals surface area contributed by atoms with Crippen molar-refractivity contribution in [2.45, 2.75) is 6.92 Å². The summed E-state index contributed by atoms with van der Waals surface area (Å²) in [5.41, 5.74) is 1.40. The van der Waals surface area contributed by atoms with Gasteiger partial charge in [-0.1, -0.05) is 18.2 Å². The van der Waals surface area contributed by atoms with Crippen LogP contribution in [0.25, 0.3) is 6.08 Å². The number of hydrogen-bond donors (Lipinski definition) is 1. The van der Waals surface area contributed by atoms with Crippen LogP contribution in [0.4, 0.5) is 0 Å². The molecule has 1 N–H and O–H groups in total. The van der Waals surface area contributed by atoms with Crippen molar-refractivity contribution in [3.63, 3.8) is 0 Å². The van der Waals surface area contributed by atoms with Crippen LogP contribution in [0.3, 0.4) is 0 Å². The summed E-state index contributed by atoms with van der Waals surface area (Å²) in [6.45, 7) is 2.50. The average Bonchev–Trinajstić information content (AvgIpc) is 2.47. The molecular weight excluding hydrogens is 252 g/mol. The van der Waals surface area contributed by atoms with Gasteiger partial charge in [-0.3, -0.25) is 4.79 Å². The Labute approximate surface area is 118 Å². The van der Waals surface area contributed by atoms with E-state index in [1.807, 2.05) is 31.2 Å². The maximum atomic E-state index is 12.0. The Morgan fingerprint density at radius 1 is 1.15 bits per heavy atom. The van der Waals surface area contributed by atoms with E-state index in [-0.39, 0.29) is 11.5 Å². The summed E-state index contributed by atoms with van der Waals surface area (Å²) in [5, 5.41) is 9.20. The smallest absolute Gasteiger partial charge is 0.185 e. The van der Waals surface area contributed by atoms with Gasteiger partial charge in [-0.15, -0.1) is 0 Å². The van der Waals surface area contributed by atoms with Gasteiger partial charge in [0.2, 0.25) is 0 Å². The summed E-state index contributed by atoms with van der Waals surface area (Å²) in [5.74, 6) is 0.785. The second-order valence-corrected chi connectivity index (χ2v) is 4.22. The Bertz CT molecular complexity index is 612. The Hall–Kier alpha value is -2.55. The van der Waals surface area contributed by atoms with Crippen LogP contribution < -0.4 is 4.74 Å². The Kier molecular flexibility index (Phi) is 4.56. The number of para-hydroxylation sites is 1. The van der Waals surface area contributed by atoms with Gasteiger partial charge < -0.3 is 9.84 Å². The minimum Gasteiger partial charge on any atom is -0.508 e. The number of rotatable bonds is 5. The summed E-state index contributed by atoms with van der Waals surface area (Å²) in [4.78, 5) is 12.0. The van der Waals surface area contributed by atoms with Gasteiger partial charge in [-0.05, 0) is 49.4 Å². The lowest BCUT2D eigenvalue weighted by molar-refractivity contribution is 0.104. The first-order chi connectivity index (χ1) is 9.70. The molecule has 0 radical (unpaired) electrons. The molecule has 0 unspecified atom stereocenters. The number of phenolic OH excluding ortho intramolecular Hbond substituents is 1. The summed E-state index contributed by atoms with van der Waals surface area (Å²) < 4.78 is 5.50. The predicted octanol–water partition coefficient (Wildman–Crippen LogP) is 3.69. The SMILES string of the molecule is CCOc1ccccc1C=CC(=O)c1ccc(O)cc1. The highest BCUT2D eigenvalue weighted by atomic mass is 16.5. The molecule has 0 bridgehead atoms. The molecule has 0 aliphatic heterocycles. The van der Waals surface area contributed by atoms with E-state index in [0.717, 1.165) is 11.3 Å². The van der Waals surface area contributed by atoms with Crippen molar-refractivity contribution in [1.29, 1.82) is 0 Å². The van der Waals surface area contributed by atoms with E-state index in [2.05, 4.69) is 0 Å². The van der Waals surface area contributed by atoms with E-state index in [1.165, 1.54) is 18.2 Å². The maximum absolute atomic E-state index is 12.0. The van der Waals surface area contributed by atoms with Gasteiger partial charge in [-0.2, -0.15) is 0 Å². The minimum atomic E-state index is -0.115. The van der Waals surface area contributed by atoms with Crippen molar-refractivity contribution in [3.05, 3.63) is 65.7 Å². The Morgan fingerprint density at radius 2 is 1.85 bits per heavy atom. The fourth-order valence-corrected chi connectivity index (χ4v) is 1.79. The monoisotopic (exact) mass is 268 g/mol. The Morgan fingerprint density at radius 3 is 2.55 bits per heavy atom. The van der Waals surface area contributed by atoms with E-state index in [1.54, 1.807) is 18.2 Å². The molecule has 0 atom stereocenters. The molecule has 0 aliphatic carbocycles. The number of aromatic hydroxyl groups is 1. The zero-order chi connectivity index (χ0) is 14.4. The van der Waals surface area contributed by atoms with E-state index in [9.17, 15) is 9.90 Å². The third-order valence-corrected chi connectivity index (χ3v) is 2.78. The van der Waals surface area contributed by atoms with Crippen LogP contribution >= 0.6 is 0 Å². The van der Waals surface area contributed by atoms with Gasteiger partial charge in [0.1, 0.15) is 11.5 Å². The topological polar surface area (TPSA) is 46.5 Å². The van der Waals surface area contributed by atoms with Gasteiger partial charge in [-0.25, -0.2) is 0 Å².